The number of thiophene rings is 1. The van der Waals surface area contributed by atoms with Crippen molar-refractivity contribution in [3.8, 4) is 0 Å². The van der Waals surface area contributed by atoms with Crippen LogP contribution in [0.2, 0.25) is 0 Å². The van der Waals surface area contributed by atoms with Gasteiger partial charge in [-0.1, -0.05) is 52.3 Å². The zero-order chi connectivity index (χ0) is 21.6. The molecular formula is C25H34O3S. The van der Waals surface area contributed by atoms with E-state index in [1.165, 1.54) is 27.7 Å². The van der Waals surface area contributed by atoms with Gasteiger partial charge in [-0.3, -0.25) is 0 Å². The van der Waals surface area contributed by atoms with E-state index in [-0.39, 0.29) is 5.92 Å². The van der Waals surface area contributed by atoms with Crippen molar-refractivity contribution in [1.29, 1.82) is 0 Å². The van der Waals surface area contributed by atoms with Crippen LogP contribution in [0.4, 0.5) is 0 Å². The Morgan fingerprint density at radius 1 is 1.31 bits per heavy atom. The zero-order valence-electron chi connectivity index (χ0n) is 18.5. The van der Waals surface area contributed by atoms with Crippen LogP contribution in [0, 0.1) is 11.8 Å². The minimum Gasteiger partial charge on any atom is -0.497 e. The second-order valence-corrected chi connectivity index (χ2v) is 9.20. The summed E-state index contributed by atoms with van der Waals surface area (Å²) in [5, 5.41) is 11.1. The van der Waals surface area contributed by atoms with Gasteiger partial charge in [0, 0.05) is 16.9 Å². The molecule has 0 saturated carbocycles. The maximum atomic E-state index is 10.9. The topological polar surface area (TPSA) is 46.5 Å². The average Bonchev–Trinajstić information content (AvgIpc) is 3.11. The molecule has 0 aromatic carbocycles. The van der Waals surface area contributed by atoms with Crippen LogP contribution in [0.1, 0.15) is 70.7 Å². The summed E-state index contributed by atoms with van der Waals surface area (Å²) >= 11 is 1.69. The molecule has 0 radical (unpaired) electrons. The van der Waals surface area contributed by atoms with Crippen molar-refractivity contribution in [2.45, 2.75) is 60.3 Å². The molecule has 4 heteroatoms. The monoisotopic (exact) mass is 414 g/mol. The van der Waals surface area contributed by atoms with E-state index in [4.69, 9.17) is 9.84 Å². The maximum Gasteiger partial charge on any atom is 0.328 e. The second-order valence-electron chi connectivity index (χ2n) is 8.25. The van der Waals surface area contributed by atoms with Gasteiger partial charge >= 0.3 is 5.97 Å². The molecule has 1 unspecified atom stereocenters. The van der Waals surface area contributed by atoms with E-state index < -0.39 is 5.97 Å². The molecular weight excluding hydrogens is 380 g/mol. The number of carboxylic acids is 1. The van der Waals surface area contributed by atoms with E-state index >= 15 is 0 Å². The molecule has 0 spiro atoms. The Kier molecular flexibility index (Phi) is 8.51. The van der Waals surface area contributed by atoms with Crippen LogP contribution in [-0.2, 0) is 9.53 Å². The van der Waals surface area contributed by atoms with Crippen molar-refractivity contribution in [3.05, 3.63) is 62.6 Å². The Hall–Kier alpha value is -2.07. The lowest BCUT2D eigenvalue weighted by Gasteiger charge is -2.31. The number of aliphatic carboxylic acids is 1. The quantitative estimate of drug-likeness (QED) is 0.343. The van der Waals surface area contributed by atoms with Crippen molar-refractivity contribution >= 4 is 23.4 Å². The Labute approximate surface area is 179 Å². The molecule has 1 heterocycles. The third-order valence-corrected chi connectivity index (χ3v) is 6.06. The minimum atomic E-state index is -0.919. The molecule has 0 fully saturated rings. The maximum absolute atomic E-state index is 10.9. The highest BCUT2D eigenvalue weighted by atomic mass is 32.1. The smallest absolute Gasteiger partial charge is 0.328 e. The molecule has 1 aromatic rings. The van der Waals surface area contributed by atoms with Gasteiger partial charge in [-0.2, -0.15) is 0 Å². The number of hydrogen-bond donors (Lipinski definition) is 1. The van der Waals surface area contributed by atoms with E-state index in [0.717, 1.165) is 30.8 Å². The summed E-state index contributed by atoms with van der Waals surface area (Å²) in [7, 11) is 0. The van der Waals surface area contributed by atoms with Gasteiger partial charge in [-0.15, -0.1) is 11.3 Å². The fraction of sp³-hybridized carbons (Fsp3) is 0.480. The van der Waals surface area contributed by atoms with Gasteiger partial charge < -0.3 is 9.84 Å². The van der Waals surface area contributed by atoms with Crippen molar-refractivity contribution in [2.24, 2.45) is 11.8 Å². The van der Waals surface area contributed by atoms with E-state index in [0.29, 0.717) is 11.8 Å². The van der Waals surface area contributed by atoms with Crippen LogP contribution in [-0.4, -0.2) is 17.7 Å². The van der Waals surface area contributed by atoms with E-state index in [9.17, 15) is 4.79 Å². The number of carbonyl (C=O) groups is 1. The van der Waals surface area contributed by atoms with Crippen LogP contribution in [0.3, 0.4) is 0 Å². The number of hydrogen-bond acceptors (Lipinski definition) is 3. The number of ether oxygens (including phenoxy) is 1. The molecule has 1 aromatic heterocycles. The zero-order valence-corrected chi connectivity index (χ0v) is 19.3. The van der Waals surface area contributed by atoms with E-state index in [1.54, 1.807) is 11.3 Å². The minimum absolute atomic E-state index is 0.205. The first kappa shape index (κ1) is 23.2. The lowest BCUT2D eigenvalue weighted by molar-refractivity contribution is -0.131. The molecule has 1 aliphatic rings. The van der Waals surface area contributed by atoms with Crippen molar-refractivity contribution < 1.29 is 14.6 Å². The highest BCUT2D eigenvalue weighted by Crippen LogP contribution is 2.44. The van der Waals surface area contributed by atoms with Gasteiger partial charge in [0.15, 0.2) is 0 Å². The van der Waals surface area contributed by atoms with Crippen LogP contribution in [0.15, 0.2) is 52.2 Å². The largest absolute Gasteiger partial charge is 0.497 e. The van der Waals surface area contributed by atoms with Crippen LogP contribution in [0.25, 0.3) is 6.08 Å². The molecule has 3 nitrogen and oxygen atoms in total. The molecule has 29 heavy (non-hydrogen) atoms. The third kappa shape index (κ3) is 6.20. The summed E-state index contributed by atoms with van der Waals surface area (Å²) in [5.74, 6) is 1.29. The number of rotatable bonds is 9. The molecule has 158 valence electrons. The Balaban J connectivity index is 2.49. The number of allylic oxidation sites excluding steroid dienone is 6. The lowest BCUT2D eigenvalue weighted by atomic mass is 9.78. The second kappa shape index (κ2) is 10.6. The van der Waals surface area contributed by atoms with Gasteiger partial charge in [-0.25, -0.2) is 4.79 Å². The first-order chi connectivity index (χ1) is 13.7. The molecule has 0 aliphatic heterocycles. The van der Waals surface area contributed by atoms with Gasteiger partial charge in [-0.05, 0) is 65.8 Å². The average molecular weight is 415 g/mol. The summed E-state index contributed by atoms with van der Waals surface area (Å²) in [4.78, 5) is 12.1. The third-order valence-electron chi connectivity index (χ3n) is 5.16. The van der Waals surface area contributed by atoms with Crippen molar-refractivity contribution in [3.63, 3.8) is 0 Å². The van der Waals surface area contributed by atoms with Crippen LogP contribution in [0.5, 0.6) is 0 Å². The molecule has 1 N–H and O–H groups in total. The Morgan fingerprint density at radius 2 is 2.03 bits per heavy atom. The summed E-state index contributed by atoms with van der Waals surface area (Å²) in [5.41, 5.74) is 4.76. The predicted molar refractivity (Wildman–Crippen MR) is 123 cm³/mol. The standard InChI is InChI=1S/C25H34O3S/c1-7-11-28-25-21(17(4)5)14-19(16(2)3)15-22(25)20-10-12-29-23(20)9-8-18(6)13-24(26)27/h8-10,12-14,16-17,22H,7,11,15H2,1-6H3,(H,26,27)/b9-8+,18-13+. The molecule has 0 bridgehead atoms. The SMILES string of the molecule is CCCOC1=C(C(C)C)C=C(C(C)C)CC1c1ccsc1/C=C/C(C)=C/C(=O)O. The fourth-order valence-electron chi connectivity index (χ4n) is 3.56. The van der Waals surface area contributed by atoms with Gasteiger partial charge in [0.05, 0.1) is 6.61 Å². The molecule has 1 aliphatic carbocycles. The summed E-state index contributed by atoms with van der Waals surface area (Å²) in [6, 6.07) is 2.20. The van der Waals surface area contributed by atoms with Crippen LogP contribution < -0.4 is 0 Å². The van der Waals surface area contributed by atoms with Crippen molar-refractivity contribution in [2.75, 3.05) is 6.61 Å². The molecule has 1 atom stereocenters. The molecule has 0 amide bonds. The van der Waals surface area contributed by atoms with Gasteiger partial charge in [0.25, 0.3) is 0 Å². The Morgan fingerprint density at radius 3 is 2.62 bits per heavy atom. The summed E-state index contributed by atoms with van der Waals surface area (Å²) in [6.07, 6.45) is 9.46. The van der Waals surface area contributed by atoms with Gasteiger partial charge in [0.1, 0.15) is 5.76 Å². The first-order valence-corrected chi connectivity index (χ1v) is 11.4. The molecule has 0 saturated heterocycles. The van der Waals surface area contributed by atoms with Crippen LogP contribution >= 0.6 is 11.3 Å². The van der Waals surface area contributed by atoms with Gasteiger partial charge in [0.2, 0.25) is 0 Å². The number of carboxylic acid groups (broad SMARTS) is 1. The first-order valence-electron chi connectivity index (χ1n) is 10.5. The van der Waals surface area contributed by atoms with Crippen molar-refractivity contribution in [1.82, 2.24) is 0 Å². The van der Waals surface area contributed by atoms with E-state index in [2.05, 4.69) is 52.1 Å². The molecule has 2 rings (SSSR count). The normalized spacial score (nSPS) is 18.1. The van der Waals surface area contributed by atoms with E-state index in [1.807, 2.05) is 19.1 Å². The lowest BCUT2D eigenvalue weighted by Crippen LogP contribution is -2.18. The fourth-order valence-corrected chi connectivity index (χ4v) is 4.42. The predicted octanol–water partition coefficient (Wildman–Crippen LogP) is 7.20. The highest BCUT2D eigenvalue weighted by Gasteiger charge is 2.30. The Bertz CT molecular complexity index is 834. The highest BCUT2D eigenvalue weighted by molar-refractivity contribution is 7.11. The summed E-state index contributed by atoms with van der Waals surface area (Å²) < 4.78 is 6.33. The summed E-state index contributed by atoms with van der Waals surface area (Å²) in [6.45, 7) is 13.7.